The number of rotatable bonds is 72. The summed E-state index contributed by atoms with van der Waals surface area (Å²) >= 11 is 0. The van der Waals surface area contributed by atoms with E-state index in [9.17, 15) is 35.1 Å². The van der Waals surface area contributed by atoms with Crippen LogP contribution >= 0.6 is 0 Å². The molecule has 0 bridgehead atoms. The third-order valence-electron chi connectivity index (χ3n) is 19.2. The number of carbonyl (C=O) groups excluding carboxylic acids is 2. The van der Waals surface area contributed by atoms with E-state index in [1.165, 1.54) is 315 Å². The highest BCUT2D eigenvalue weighted by molar-refractivity contribution is 5.76. The summed E-state index contributed by atoms with van der Waals surface area (Å²) in [5.74, 6) is -0.171. The first kappa shape index (κ1) is 88.6. The van der Waals surface area contributed by atoms with E-state index >= 15 is 0 Å². The van der Waals surface area contributed by atoms with Crippen molar-refractivity contribution in [1.82, 2.24) is 5.32 Å². The molecule has 1 fully saturated rings. The summed E-state index contributed by atoms with van der Waals surface area (Å²) in [7, 11) is 0. The Labute approximate surface area is 574 Å². The number of esters is 1. The van der Waals surface area contributed by atoms with Crippen molar-refractivity contribution in [3.8, 4) is 0 Å². The van der Waals surface area contributed by atoms with Crippen LogP contribution in [-0.2, 0) is 23.8 Å². The fraction of sp³-hybridized carbons (Fsp3) is 0.878. The predicted octanol–water partition coefficient (Wildman–Crippen LogP) is 21.9. The zero-order chi connectivity index (χ0) is 67.2. The van der Waals surface area contributed by atoms with Gasteiger partial charge in [-0.05, 0) is 77.0 Å². The van der Waals surface area contributed by atoms with E-state index in [4.69, 9.17) is 14.2 Å². The Morgan fingerprint density at radius 2 is 0.731 bits per heavy atom. The maximum absolute atomic E-state index is 13.0. The molecule has 93 heavy (non-hydrogen) atoms. The molecular weight excluding hydrogens is 1160 g/mol. The summed E-state index contributed by atoms with van der Waals surface area (Å²) in [6.07, 6.45) is 84.7. The second-order valence-electron chi connectivity index (χ2n) is 28.1. The van der Waals surface area contributed by atoms with E-state index in [0.717, 1.165) is 57.8 Å². The standard InChI is InChI=1S/C82H153NO10/c1-3-5-7-9-11-13-14-15-16-40-44-47-50-54-58-62-66-70-78(87)91-71-67-63-59-55-51-48-45-42-39-37-35-33-31-29-27-25-23-21-19-17-18-20-22-24-26-28-30-32-34-36-38-41-43-46-49-53-57-61-65-69-77(86)83-74(75(85)68-64-60-56-52-12-10-8-6-4-2)73-92-82-81(90)80(89)79(88)76(72-84)93-82/h12,17-18,21,23,52,64,68,74-76,79-82,84-85,88-90H,3-11,13-16,19-20,22,24-51,53-63,65-67,69-73H2,1-2H3,(H,83,86)/b18-17-,23-21-,52-12+,68-64+. The normalized spacial score (nSPS) is 17.7. The molecule has 1 aliphatic heterocycles. The molecule has 0 aromatic heterocycles. The number of aliphatic hydroxyl groups excluding tert-OH is 5. The molecule has 0 spiro atoms. The Balaban J connectivity index is 1.85. The summed E-state index contributed by atoms with van der Waals surface area (Å²) in [6.45, 7) is 4.33. The van der Waals surface area contributed by atoms with Crippen molar-refractivity contribution >= 4 is 11.9 Å². The van der Waals surface area contributed by atoms with Crippen molar-refractivity contribution in [2.45, 2.75) is 442 Å². The third kappa shape index (κ3) is 59.4. The van der Waals surface area contributed by atoms with E-state index in [1.54, 1.807) is 6.08 Å². The van der Waals surface area contributed by atoms with Crippen LogP contribution in [0.5, 0.6) is 0 Å². The van der Waals surface area contributed by atoms with Crippen molar-refractivity contribution in [3.05, 3.63) is 48.6 Å². The molecule has 0 aromatic rings. The molecular formula is C82H153NO10. The van der Waals surface area contributed by atoms with Gasteiger partial charge in [-0.25, -0.2) is 0 Å². The monoisotopic (exact) mass is 1310 g/mol. The van der Waals surface area contributed by atoms with Gasteiger partial charge < -0.3 is 45.1 Å². The number of unbranched alkanes of at least 4 members (excludes halogenated alkanes) is 52. The number of hydrogen-bond acceptors (Lipinski definition) is 10. The summed E-state index contributed by atoms with van der Waals surface area (Å²) < 4.78 is 16.7. The molecule has 7 atom stereocenters. The van der Waals surface area contributed by atoms with Gasteiger partial charge in [0.2, 0.25) is 5.91 Å². The molecule has 546 valence electrons. The molecule has 0 saturated carbocycles. The highest BCUT2D eigenvalue weighted by Gasteiger charge is 2.44. The van der Waals surface area contributed by atoms with Crippen molar-refractivity contribution in [1.29, 1.82) is 0 Å². The Morgan fingerprint density at radius 1 is 0.398 bits per heavy atom. The fourth-order valence-corrected chi connectivity index (χ4v) is 12.8. The lowest BCUT2D eigenvalue weighted by molar-refractivity contribution is -0.302. The first-order valence-electron chi connectivity index (χ1n) is 40.4. The number of ether oxygens (including phenoxy) is 3. The lowest BCUT2D eigenvalue weighted by Gasteiger charge is -2.40. The van der Waals surface area contributed by atoms with Crippen LogP contribution in [0.3, 0.4) is 0 Å². The summed E-state index contributed by atoms with van der Waals surface area (Å²) in [5.41, 5.74) is 0. The van der Waals surface area contributed by atoms with Gasteiger partial charge in [0.1, 0.15) is 24.4 Å². The van der Waals surface area contributed by atoms with Crippen LogP contribution in [0.4, 0.5) is 0 Å². The zero-order valence-electron chi connectivity index (χ0n) is 61.0. The lowest BCUT2D eigenvalue weighted by atomic mass is 9.99. The van der Waals surface area contributed by atoms with Gasteiger partial charge >= 0.3 is 5.97 Å². The van der Waals surface area contributed by atoms with E-state index in [0.29, 0.717) is 19.4 Å². The van der Waals surface area contributed by atoms with Crippen LogP contribution in [0.25, 0.3) is 0 Å². The number of aliphatic hydroxyl groups is 5. The lowest BCUT2D eigenvalue weighted by Crippen LogP contribution is -2.60. The Hall–Kier alpha value is -2.38. The quantitative estimate of drug-likeness (QED) is 0.0195. The second-order valence-corrected chi connectivity index (χ2v) is 28.1. The van der Waals surface area contributed by atoms with E-state index in [1.807, 2.05) is 6.08 Å². The first-order chi connectivity index (χ1) is 45.7. The summed E-state index contributed by atoms with van der Waals surface area (Å²) in [5, 5.41) is 54.3. The van der Waals surface area contributed by atoms with Crippen molar-refractivity contribution < 1.29 is 49.3 Å². The molecule has 0 radical (unpaired) electrons. The summed E-state index contributed by atoms with van der Waals surface area (Å²) in [6, 6.07) is -0.824. The maximum atomic E-state index is 13.0. The first-order valence-corrected chi connectivity index (χ1v) is 40.4. The van der Waals surface area contributed by atoms with Crippen LogP contribution in [0.2, 0.25) is 0 Å². The van der Waals surface area contributed by atoms with Crippen LogP contribution in [-0.4, -0.2) is 100 Å². The maximum Gasteiger partial charge on any atom is 0.305 e. The molecule has 1 heterocycles. The highest BCUT2D eigenvalue weighted by Crippen LogP contribution is 2.24. The molecule has 1 saturated heterocycles. The Kier molecular flexibility index (Phi) is 67.6. The third-order valence-corrected chi connectivity index (χ3v) is 19.2. The predicted molar refractivity (Wildman–Crippen MR) is 394 cm³/mol. The van der Waals surface area contributed by atoms with Gasteiger partial charge in [0.15, 0.2) is 6.29 Å². The molecule has 0 aromatic carbocycles. The minimum Gasteiger partial charge on any atom is -0.466 e. The molecule has 11 nitrogen and oxygen atoms in total. The number of amides is 1. The molecule has 0 aliphatic carbocycles. The number of allylic oxidation sites excluding steroid dienone is 7. The number of nitrogens with one attached hydrogen (secondary N) is 1. The minimum atomic E-state index is -1.57. The zero-order valence-corrected chi connectivity index (χ0v) is 61.0. The number of carbonyl (C=O) groups is 2. The molecule has 7 unspecified atom stereocenters. The average molecular weight is 1310 g/mol. The van der Waals surface area contributed by atoms with Crippen LogP contribution < -0.4 is 5.32 Å². The Morgan fingerprint density at radius 3 is 1.15 bits per heavy atom. The van der Waals surface area contributed by atoms with E-state index in [-0.39, 0.29) is 18.5 Å². The Bertz CT molecular complexity index is 1690. The van der Waals surface area contributed by atoms with Gasteiger partial charge in [-0.3, -0.25) is 9.59 Å². The molecule has 1 aliphatic rings. The van der Waals surface area contributed by atoms with Gasteiger partial charge in [-0.15, -0.1) is 0 Å². The largest absolute Gasteiger partial charge is 0.466 e. The number of hydrogen-bond donors (Lipinski definition) is 6. The van der Waals surface area contributed by atoms with Gasteiger partial charge in [-0.1, -0.05) is 358 Å². The van der Waals surface area contributed by atoms with Crippen LogP contribution in [0.15, 0.2) is 48.6 Å². The van der Waals surface area contributed by atoms with Gasteiger partial charge in [-0.2, -0.15) is 0 Å². The second kappa shape index (κ2) is 70.9. The SMILES string of the molecule is CCCCC/C=C/CC/C=C/C(O)C(COC1OC(CO)C(O)C(O)C1O)NC(=O)CCCCCCCCCCCCCCCCCCC/C=C\C/C=C\CCCCCCCCCCCCCCCCCOC(=O)CCCCCCCCCCCCCCCCCCC. The summed E-state index contributed by atoms with van der Waals surface area (Å²) in [4.78, 5) is 25.1. The van der Waals surface area contributed by atoms with E-state index < -0.39 is 49.5 Å². The molecule has 1 rings (SSSR count). The average Bonchev–Trinajstić information content (AvgIpc) is 1.06. The van der Waals surface area contributed by atoms with Gasteiger partial charge in [0.05, 0.1) is 32.0 Å². The van der Waals surface area contributed by atoms with E-state index in [2.05, 4.69) is 55.6 Å². The van der Waals surface area contributed by atoms with Crippen LogP contribution in [0, 0.1) is 0 Å². The molecule has 11 heteroatoms. The molecule has 6 N–H and O–H groups in total. The smallest absolute Gasteiger partial charge is 0.305 e. The van der Waals surface area contributed by atoms with Crippen molar-refractivity contribution in [2.24, 2.45) is 0 Å². The van der Waals surface area contributed by atoms with Gasteiger partial charge in [0.25, 0.3) is 0 Å². The van der Waals surface area contributed by atoms with Crippen molar-refractivity contribution in [3.63, 3.8) is 0 Å². The fourth-order valence-electron chi connectivity index (χ4n) is 12.8. The van der Waals surface area contributed by atoms with Crippen molar-refractivity contribution in [2.75, 3.05) is 19.8 Å². The highest BCUT2D eigenvalue weighted by atomic mass is 16.7. The minimum absolute atomic E-state index is 0.0189. The van der Waals surface area contributed by atoms with Gasteiger partial charge in [0, 0.05) is 12.8 Å². The van der Waals surface area contributed by atoms with Crippen LogP contribution in [0.1, 0.15) is 399 Å². The topological polar surface area (TPSA) is 175 Å². The molecule has 1 amide bonds.